The van der Waals surface area contributed by atoms with Gasteiger partial charge in [0, 0.05) is 17.7 Å². The summed E-state index contributed by atoms with van der Waals surface area (Å²) < 4.78 is 0. The molecule has 0 bridgehead atoms. The van der Waals surface area contributed by atoms with E-state index in [1.54, 1.807) is 0 Å². The van der Waals surface area contributed by atoms with Gasteiger partial charge in [0.1, 0.15) is 6.61 Å². The summed E-state index contributed by atoms with van der Waals surface area (Å²) in [5.41, 5.74) is -0.00370. The second-order valence-electron chi connectivity index (χ2n) is 2.39. The van der Waals surface area contributed by atoms with E-state index in [1.807, 2.05) is 0 Å². The van der Waals surface area contributed by atoms with Crippen LogP contribution >= 0.6 is 0 Å². The first-order valence-corrected chi connectivity index (χ1v) is 3.53. The van der Waals surface area contributed by atoms with Crippen molar-refractivity contribution in [2.75, 3.05) is 6.61 Å². The molecular weight excluding hydrogens is 197 g/mol. The van der Waals surface area contributed by atoms with Crippen LogP contribution in [0.4, 0.5) is 5.69 Å². The Hall–Kier alpha value is -0.750. The summed E-state index contributed by atoms with van der Waals surface area (Å²) in [6.07, 6.45) is 0. The summed E-state index contributed by atoms with van der Waals surface area (Å²) in [6.45, 7) is -0.638. The zero-order valence-corrected chi connectivity index (χ0v) is 6.64. The molecule has 0 atom stereocenters. The molecule has 0 aliphatic heterocycles. The number of non-ortho nitro benzene ring substituents is 1. The third kappa shape index (κ3) is 3.19. The van der Waals surface area contributed by atoms with Gasteiger partial charge in [0.25, 0.3) is 5.69 Å². The monoisotopic (exact) mass is 205 g/mol. The maximum absolute atomic E-state index is 10.9. The molecule has 5 nitrogen and oxygen atoms in total. The molecule has 0 aliphatic rings. The molecule has 0 saturated heterocycles. The molecule has 14 heavy (non-hydrogen) atoms. The number of benzene rings is 1. The van der Waals surface area contributed by atoms with Gasteiger partial charge in [-0.25, -0.2) is 0 Å². The van der Waals surface area contributed by atoms with Crippen molar-refractivity contribution in [3.05, 3.63) is 39.9 Å². The molecule has 0 spiro atoms. The van der Waals surface area contributed by atoms with Crippen molar-refractivity contribution in [3.8, 4) is 0 Å². The topological polar surface area (TPSA) is 80.4 Å². The first kappa shape index (κ1) is 13.2. The SMILES string of the molecule is O=C(CO)c1cccc([N+](=O)[O-])c1.[NaH]. The fourth-order valence-corrected chi connectivity index (χ4v) is 0.884. The van der Waals surface area contributed by atoms with E-state index < -0.39 is 17.3 Å². The molecule has 6 heteroatoms. The summed E-state index contributed by atoms with van der Waals surface area (Å²) in [4.78, 5) is 20.6. The molecule has 0 aliphatic carbocycles. The Kier molecular flexibility index (Phi) is 5.56. The Morgan fingerprint density at radius 1 is 1.50 bits per heavy atom. The molecule has 0 aromatic heterocycles. The van der Waals surface area contributed by atoms with Crippen molar-refractivity contribution >= 4 is 41.0 Å². The van der Waals surface area contributed by atoms with E-state index in [4.69, 9.17) is 5.11 Å². The number of nitro groups is 1. The molecule has 1 aromatic rings. The standard InChI is InChI=1S/C8H7NO4.Na.H/c10-5-8(11)6-2-1-3-7(4-6)9(12)13;;/h1-4,10H,5H2;;. The van der Waals surface area contributed by atoms with E-state index in [0.29, 0.717) is 0 Å². The summed E-state index contributed by atoms with van der Waals surface area (Å²) in [5, 5.41) is 18.8. The van der Waals surface area contributed by atoms with Crippen LogP contribution in [0.15, 0.2) is 24.3 Å². The van der Waals surface area contributed by atoms with Crippen molar-refractivity contribution < 1.29 is 14.8 Å². The Balaban J connectivity index is 0.00000169. The predicted molar refractivity (Wildman–Crippen MR) is 51.7 cm³/mol. The zero-order valence-electron chi connectivity index (χ0n) is 6.64. The fraction of sp³-hybridized carbons (Fsp3) is 0.125. The van der Waals surface area contributed by atoms with Crippen LogP contribution in [0.2, 0.25) is 0 Å². The number of ketones is 1. The Morgan fingerprint density at radius 2 is 2.14 bits per heavy atom. The van der Waals surface area contributed by atoms with E-state index in [2.05, 4.69) is 0 Å². The van der Waals surface area contributed by atoms with Gasteiger partial charge in [-0.05, 0) is 0 Å². The Bertz CT molecular complexity index is 353. The molecule has 0 fully saturated rings. The van der Waals surface area contributed by atoms with Crippen molar-refractivity contribution in [1.82, 2.24) is 0 Å². The van der Waals surface area contributed by atoms with Crippen molar-refractivity contribution in [2.45, 2.75) is 0 Å². The average molecular weight is 205 g/mol. The van der Waals surface area contributed by atoms with Crippen LogP contribution in [0, 0.1) is 10.1 Å². The first-order chi connectivity index (χ1) is 6.15. The first-order valence-electron chi connectivity index (χ1n) is 3.53. The molecule has 1 rings (SSSR count). The summed E-state index contributed by atoms with van der Waals surface area (Å²) in [5.74, 6) is -0.524. The minimum atomic E-state index is -0.638. The molecule has 1 aromatic carbocycles. The second-order valence-corrected chi connectivity index (χ2v) is 2.39. The van der Waals surface area contributed by atoms with Crippen LogP contribution in [0.1, 0.15) is 10.4 Å². The second kappa shape index (κ2) is 5.87. The third-order valence-electron chi connectivity index (χ3n) is 1.52. The van der Waals surface area contributed by atoms with E-state index in [1.165, 1.54) is 18.2 Å². The van der Waals surface area contributed by atoms with E-state index >= 15 is 0 Å². The molecule has 0 amide bonds. The number of aliphatic hydroxyl groups excluding tert-OH is 1. The van der Waals surface area contributed by atoms with Gasteiger partial charge >= 0.3 is 29.6 Å². The molecule has 1 N–H and O–H groups in total. The number of carbonyl (C=O) groups is 1. The molecule has 0 unspecified atom stereocenters. The number of nitrogens with zero attached hydrogens (tertiary/aromatic N) is 1. The number of hydrogen-bond donors (Lipinski definition) is 1. The fourth-order valence-electron chi connectivity index (χ4n) is 0.884. The quantitative estimate of drug-likeness (QED) is 0.329. The van der Waals surface area contributed by atoms with E-state index in [0.717, 1.165) is 6.07 Å². The number of aliphatic hydroxyl groups is 1. The predicted octanol–water partition coefficient (Wildman–Crippen LogP) is 0.121. The molecular formula is C8H8NNaO4. The molecule has 70 valence electrons. The van der Waals surface area contributed by atoms with Gasteiger partial charge < -0.3 is 5.11 Å². The van der Waals surface area contributed by atoms with Crippen LogP contribution in [0.5, 0.6) is 0 Å². The number of nitro benzene ring substituents is 1. The third-order valence-corrected chi connectivity index (χ3v) is 1.52. The number of hydrogen-bond acceptors (Lipinski definition) is 4. The van der Waals surface area contributed by atoms with E-state index in [-0.39, 0.29) is 40.8 Å². The normalized spacial score (nSPS) is 8.93. The van der Waals surface area contributed by atoms with Gasteiger partial charge in [0.05, 0.1) is 4.92 Å². The molecule has 0 radical (unpaired) electrons. The Morgan fingerprint density at radius 3 is 2.64 bits per heavy atom. The summed E-state index contributed by atoms with van der Waals surface area (Å²) in [7, 11) is 0. The van der Waals surface area contributed by atoms with Gasteiger partial charge in [-0.2, -0.15) is 0 Å². The zero-order chi connectivity index (χ0) is 9.84. The number of carbonyl (C=O) groups excluding carboxylic acids is 1. The van der Waals surface area contributed by atoms with Gasteiger partial charge in [0.2, 0.25) is 0 Å². The number of rotatable bonds is 3. The minimum absolute atomic E-state index is 0. The summed E-state index contributed by atoms with van der Waals surface area (Å²) in [6, 6.07) is 5.25. The molecule has 0 heterocycles. The van der Waals surface area contributed by atoms with Crippen LogP contribution in [-0.2, 0) is 0 Å². The Labute approximate surface area is 102 Å². The van der Waals surface area contributed by atoms with Gasteiger partial charge in [-0.3, -0.25) is 14.9 Å². The van der Waals surface area contributed by atoms with Crippen LogP contribution in [0.25, 0.3) is 0 Å². The molecule has 0 saturated carbocycles. The van der Waals surface area contributed by atoms with Gasteiger partial charge in [0.15, 0.2) is 5.78 Å². The van der Waals surface area contributed by atoms with Crippen LogP contribution in [0.3, 0.4) is 0 Å². The average Bonchev–Trinajstić information content (AvgIpc) is 2.17. The van der Waals surface area contributed by atoms with Gasteiger partial charge in [-0.15, -0.1) is 0 Å². The summed E-state index contributed by atoms with van der Waals surface area (Å²) >= 11 is 0. The van der Waals surface area contributed by atoms with E-state index in [9.17, 15) is 14.9 Å². The van der Waals surface area contributed by atoms with Crippen LogP contribution < -0.4 is 0 Å². The maximum atomic E-state index is 10.9. The van der Waals surface area contributed by atoms with Crippen molar-refractivity contribution in [1.29, 1.82) is 0 Å². The van der Waals surface area contributed by atoms with Crippen LogP contribution in [-0.4, -0.2) is 52.0 Å². The van der Waals surface area contributed by atoms with Crippen molar-refractivity contribution in [3.63, 3.8) is 0 Å². The van der Waals surface area contributed by atoms with Crippen molar-refractivity contribution in [2.24, 2.45) is 0 Å². The van der Waals surface area contributed by atoms with Gasteiger partial charge in [-0.1, -0.05) is 12.1 Å². The number of Topliss-reactive ketones (excluding diaryl/α,β-unsaturated/α-hetero) is 1.